The van der Waals surface area contributed by atoms with E-state index >= 15 is 0 Å². The maximum atomic E-state index is 10.1. The van der Waals surface area contributed by atoms with Gasteiger partial charge in [-0.1, -0.05) is 6.58 Å². The average Bonchev–Trinajstić information content (AvgIpc) is 1.88. The van der Waals surface area contributed by atoms with Gasteiger partial charge in [-0.2, -0.15) is 0 Å². The number of carbonyl (C=O) groups is 1. The van der Waals surface area contributed by atoms with Crippen molar-refractivity contribution in [2.75, 3.05) is 20.5 Å². The van der Waals surface area contributed by atoms with Crippen molar-refractivity contribution in [2.45, 2.75) is 0 Å². The fourth-order valence-electron chi connectivity index (χ4n) is 0.310. The summed E-state index contributed by atoms with van der Waals surface area (Å²) in [7, 11) is 1.46. The van der Waals surface area contributed by atoms with E-state index in [9.17, 15) is 4.79 Å². The molecular formula is C6H10O4. The fourth-order valence-corrected chi connectivity index (χ4v) is 0.310. The molecule has 0 aromatic rings. The summed E-state index contributed by atoms with van der Waals surface area (Å²) in [5.74, 6) is -1.05. The molecule has 4 heteroatoms. The third kappa shape index (κ3) is 4.05. The topological polar surface area (TPSA) is 55.8 Å². The molecule has 0 saturated carbocycles. The van der Waals surface area contributed by atoms with Crippen LogP contribution < -0.4 is 0 Å². The first-order valence-corrected chi connectivity index (χ1v) is 2.66. The first kappa shape index (κ1) is 9.13. The van der Waals surface area contributed by atoms with Gasteiger partial charge in [0.05, 0.1) is 12.2 Å². The first-order valence-electron chi connectivity index (χ1n) is 2.66. The van der Waals surface area contributed by atoms with Gasteiger partial charge in [0, 0.05) is 7.11 Å². The Morgan fingerprint density at radius 2 is 2.30 bits per heavy atom. The number of hydrogen-bond donors (Lipinski definition) is 1. The Bertz CT molecular complexity index is 130. The summed E-state index contributed by atoms with van der Waals surface area (Å²) in [6, 6.07) is 0. The normalized spacial score (nSPS) is 9.30. The summed E-state index contributed by atoms with van der Waals surface area (Å²) >= 11 is 0. The molecule has 0 spiro atoms. The summed E-state index contributed by atoms with van der Waals surface area (Å²) in [6.45, 7) is 3.34. The molecule has 0 rings (SSSR count). The highest BCUT2D eigenvalue weighted by molar-refractivity contribution is 5.85. The number of carboxylic acid groups (broad SMARTS) is 1. The average molecular weight is 146 g/mol. The van der Waals surface area contributed by atoms with Gasteiger partial charge in [0.1, 0.15) is 6.79 Å². The largest absolute Gasteiger partial charge is 0.478 e. The van der Waals surface area contributed by atoms with Crippen LogP contribution in [0, 0.1) is 0 Å². The molecule has 0 aromatic carbocycles. The van der Waals surface area contributed by atoms with Crippen molar-refractivity contribution in [2.24, 2.45) is 0 Å². The molecule has 0 radical (unpaired) electrons. The van der Waals surface area contributed by atoms with E-state index in [-0.39, 0.29) is 19.0 Å². The molecule has 4 nitrogen and oxygen atoms in total. The number of ether oxygens (including phenoxy) is 2. The highest BCUT2D eigenvalue weighted by Gasteiger charge is 2.01. The van der Waals surface area contributed by atoms with Gasteiger partial charge < -0.3 is 14.6 Å². The maximum absolute atomic E-state index is 10.1. The summed E-state index contributed by atoms with van der Waals surface area (Å²) in [5.41, 5.74) is 0.0250. The van der Waals surface area contributed by atoms with Crippen molar-refractivity contribution in [3.05, 3.63) is 12.2 Å². The number of hydrogen-bond acceptors (Lipinski definition) is 3. The molecule has 0 unspecified atom stereocenters. The summed E-state index contributed by atoms with van der Waals surface area (Å²) in [4.78, 5) is 10.1. The minimum absolute atomic E-state index is 0.00315. The third-order valence-electron chi connectivity index (χ3n) is 0.780. The Kier molecular flexibility index (Phi) is 4.53. The molecule has 0 atom stereocenters. The predicted molar refractivity (Wildman–Crippen MR) is 34.6 cm³/mol. The molecule has 0 aliphatic carbocycles. The lowest BCUT2D eigenvalue weighted by atomic mass is 10.3. The Labute approximate surface area is 59.1 Å². The molecule has 0 saturated heterocycles. The van der Waals surface area contributed by atoms with Crippen molar-refractivity contribution in [1.82, 2.24) is 0 Å². The second kappa shape index (κ2) is 4.96. The van der Waals surface area contributed by atoms with Crippen LogP contribution in [0.25, 0.3) is 0 Å². The SMILES string of the molecule is C=C(COCOC)C(=O)O. The van der Waals surface area contributed by atoms with Gasteiger partial charge in [-0.25, -0.2) is 4.79 Å². The molecule has 0 heterocycles. The number of aliphatic carboxylic acids is 1. The Morgan fingerprint density at radius 3 is 2.70 bits per heavy atom. The van der Waals surface area contributed by atoms with E-state index < -0.39 is 5.97 Å². The highest BCUT2D eigenvalue weighted by atomic mass is 16.7. The van der Waals surface area contributed by atoms with E-state index in [1.54, 1.807) is 0 Å². The molecule has 0 aliphatic heterocycles. The van der Waals surface area contributed by atoms with E-state index in [1.165, 1.54) is 7.11 Å². The van der Waals surface area contributed by atoms with Crippen LogP contribution in [0.1, 0.15) is 0 Å². The monoisotopic (exact) mass is 146 g/mol. The van der Waals surface area contributed by atoms with E-state index in [2.05, 4.69) is 11.3 Å². The zero-order valence-electron chi connectivity index (χ0n) is 5.79. The van der Waals surface area contributed by atoms with Crippen molar-refractivity contribution >= 4 is 5.97 Å². The Morgan fingerprint density at radius 1 is 1.70 bits per heavy atom. The van der Waals surface area contributed by atoms with E-state index in [1.807, 2.05) is 0 Å². The van der Waals surface area contributed by atoms with Crippen LogP contribution in [0.3, 0.4) is 0 Å². The fraction of sp³-hybridized carbons (Fsp3) is 0.500. The van der Waals surface area contributed by atoms with Crippen LogP contribution in [0.4, 0.5) is 0 Å². The second-order valence-corrected chi connectivity index (χ2v) is 1.66. The zero-order valence-corrected chi connectivity index (χ0v) is 5.79. The number of methoxy groups -OCH3 is 1. The highest BCUT2D eigenvalue weighted by Crippen LogP contribution is 1.90. The number of carboxylic acids is 1. The minimum atomic E-state index is -1.05. The summed E-state index contributed by atoms with van der Waals surface area (Å²) in [5, 5.41) is 8.26. The summed E-state index contributed by atoms with van der Waals surface area (Å²) < 4.78 is 9.22. The van der Waals surface area contributed by atoms with Gasteiger partial charge in [-0.3, -0.25) is 0 Å². The smallest absolute Gasteiger partial charge is 0.333 e. The molecular weight excluding hydrogens is 136 g/mol. The Hall–Kier alpha value is -0.870. The van der Waals surface area contributed by atoms with E-state index in [0.29, 0.717) is 0 Å². The lowest BCUT2D eigenvalue weighted by Crippen LogP contribution is -2.07. The van der Waals surface area contributed by atoms with Crippen LogP contribution in [0.2, 0.25) is 0 Å². The van der Waals surface area contributed by atoms with Crippen molar-refractivity contribution in [3.63, 3.8) is 0 Å². The quantitative estimate of drug-likeness (QED) is 0.343. The molecule has 0 amide bonds. The van der Waals surface area contributed by atoms with Crippen molar-refractivity contribution in [3.8, 4) is 0 Å². The van der Waals surface area contributed by atoms with Crippen molar-refractivity contribution in [1.29, 1.82) is 0 Å². The predicted octanol–water partition coefficient (Wildman–Crippen LogP) is 0.248. The molecule has 0 bridgehead atoms. The van der Waals surface area contributed by atoms with Gasteiger partial charge in [0.25, 0.3) is 0 Å². The molecule has 0 aromatic heterocycles. The van der Waals surface area contributed by atoms with Gasteiger partial charge >= 0.3 is 5.97 Å². The molecule has 1 N–H and O–H groups in total. The van der Waals surface area contributed by atoms with Gasteiger partial charge in [-0.05, 0) is 0 Å². The first-order chi connectivity index (χ1) is 4.68. The van der Waals surface area contributed by atoms with Crippen LogP contribution in [-0.2, 0) is 14.3 Å². The summed E-state index contributed by atoms with van der Waals surface area (Å²) in [6.07, 6.45) is 0. The van der Waals surface area contributed by atoms with E-state index in [0.717, 1.165) is 0 Å². The molecule has 58 valence electrons. The van der Waals surface area contributed by atoms with E-state index in [4.69, 9.17) is 9.84 Å². The zero-order chi connectivity index (χ0) is 7.98. The van der Waals surface area contributed by atoms with Crippen LogP contribution in [0.15, 0.2) is 12.2 Å². The molecule has 0 aliphatic rings. The van der Waals surface area contributed by atoms with Crippen LogP contribution >= 0.6 is 0 Å². The Balaban J connectivity index is 3.31. The van der Waals surface area contributed by atoms with Gasteiger partial charge in [0.2, 0.25) is 0 Å². The van der Waals surface area contributed by atoms with Gasteiger partial charge in [0.15, 0.2) is 0 Å². The lowest BCUT2D eigenvalue weighted by molar-refractivity contribution is -0.133. The minimum Gasteiger partial charge on any atom is -0.478 e. The molecule has 10 heavy (non-hydrogen) atoms. The number of rotatable bonds is 5. The third-order valence-corrected chi connectivity index (χ3v) is 0.780. The second-order valence-electron chi connectivity index (χ2n) is 1.66. The van der Waals surface area contributed by atoms with Crippen LogP contribution in [-0.4, -0.2) is 31.6 Å². The maximum Gasteiger partial charge on any atom is 0.333 e. The van der Waals surface area contributed by atoms with Gasteiger partial charge in [-0.15, -0.1) is 0 Å². The molecule has 0 fully saturated rings. The van der Waals surface area contributed by atoms with Crippen LogP contribution in [0.5, 0.6) is 0 Å². The standard InChI is InChI=1S/C6H10O4/c1-5(6(7)8)3-10-4-9-2/h1,3-4H2,2H3,(H,7,8). The van der Waals surface area contributed by atoms with Crippen molar-refractivity contribution < 1.29 is 19.4 Å². The lowest BCUT2D eigenvalue weighted by Gasteiger charge is -2.00.